The Morgan fingerprint density at radius 1 is 1.26 bits per heavy atom. The highest BCUT2D eigenvalue weighted by atomic mass is 35.5. The summed E-state index contributed by atoms with van der Waals surface area (Å²) in [5, 5.41) is 3.41. The van der Waals surface area contributed by atoms with Crippen molar-refractivity contribution < 1.29 is 4.79 Å². The Morgan fingerprint density at radius 2 is 1.89 bits per heavy atom. The van der Waals surface area contributed by atoms with Crippen molar-refractivity contribution in [3.8, 4) is 0 Å². The van der Waals surface area contributed by atoms with Gasteiger partial charge in [0.1, 0.15) is 0 Å². The molecule has 110 valence electrons. The van der Waals surface area contributed by atoms with E-state index in [-0.39, 0.29) is 12.4 Å². The van der Waals surface area contributed by atoms with Crippen molar-refractivity contribution in [2.75, 3.05) is 26.2 Å². The average molecular weight is 287 g/mol. The number of amides is 1. The molecule has 1 spiro atoms. The first-order chi connectivity index (χ1) is 8.75. The zero-order chi connectivity index (χ0) is 12.6. The molecule has 1 aliphatic carbocycles. The van der Waals surface area contributed by atoms with Crippen molar-refractivity contribution in [2.45, 2.75) is 45.4 Å². The summed E-state index contributed by atoms with van der Waals surface area (Å²) in [6, 6.07) is 0. The van der Waals surface area contributed by atoms with Gasteiger partial charge in [0.2, 0.25) is 5.91 Å². The number of hydrogen-bond acceptors (Lipinski definition) is 2. The summed E-state index contributed by atoms with van der Waals surface area (Å²) in [4.78, 5) is 14.7. The van der Waals surface area contributed by atoms with Crippen LogP contribution in [0.15, 0.2) is 0 Å². The van der Waals surface area contributed by atoms with E-state index in [1.165, 1.54) is 38.5 Å². The summed E-state index contributed by atoms with van der Waals surface area (Å²) < 4.78 is 0. The molecule has 3 nitrogen and oxygen atoms in total. The van der Waals surface area contributed by atoms with E-state index in [1.807, 2.05) is 0 Å². The zero-order valence-corrected chi connectivity index (χ0v) is 12.8. The van der Waals surface area contributed by atoms with Crippen LogP contribution in [0.25, 0.3) is 0 Å². The van der Waals surface area contributed by atoms with Crippen LogP contribution >= 0.6 is 12.4 Å². The van der Waals surface area contributed by atoms with Gasteiger partial charge in [0.15, 0.2) is 0 Å². The fourth-order valence-corrected chi connectivity index (χ4v) is 3.96. The molecule has 0 aromatic heterocycles. The number of piperidine rings is 2. The number of nitrogens with zero attached hydrogens (tertiary/aromatic N) is 1. The Balaban J connectivity index is 0.00000133. The molecule has 4 heteroatoms. The number of nitrogens with one attached hydrogen (secondary N) is 1. The first kappa shape index (κ1) is 15.1. The van der Waals surface area contributed by atoms with E-state index in [1.54, 1.807) is 0 Å². The van der Waals surface area contributed by atoms with Gasteiger partial charge in [0.05, 0.1) is 0 Å². The van der Waals surface area contributed by atoms with Crippen molar-refractivity contribution in [2.24, 2.45) is 17.3 Å². The van der Waals surface area contributed by atoms with Crippen LogP contribution in [-0.4, -0.2) is 37.0 Å². The van der Waals surface area contributed by atoms with Crippen LogP contribution < -0.4 is 5.32 Å². The minimum Gasteiger partial charge on any atom is -0.342 e. The Hall–Kier alpha value is -0.280. The van der Waals surface area contributed by atoms with Crippen molar-refractivity contribution in [3.63, 3.8) is 0 Å². The topological polar surface area (TPSA) is 32.3 Å². The van der Waals surface area contributed by atoms with Gasteiger partial charge in [-0.3, -0.25) is 4.79 Å². The summed E-state index contributed by atoms with van der Waals surface area (Å²) in [5.41, 5.74) is 0.407. The second-order valence-electron chi connectivity index (χ2n) is 6.55. The van der Waals surface area contributed by atoms with Gasteiger partial charge in [-0.2, -0.15) is 0 Å². The molecule has 2 aliphatic heterocycles. The Kier molecular flexibility index (Phi) is 4.78. The van der Waals surface area contributed by atoms with Crippen molar-refractivity contribution in [1.82, 2.24) is 10.2 Å². The molecule has 1 unspecified atom stereocenters. The number of carbonyl (C=O) groups excluding carboxylic acids is 1. The third-order valence-corrected chi connectivity index (χ3v) is 5.59. The summed E-state index contributed by atoms with van der Waals surface area (Å²) in [6.07, 6.45) is 7.33. The first-order valence-electron chi connectivity index (χ1n) is 7.75. The van der Waals surface area contributed by atoms with Crippen LogP contribution in [0, 0.1) is 17.3 Å². The maximum atomic E-state index is 12.5. The van der Waals surface area contributed by atoms with E-state index in [2.05, 4.69) is 17.1 Å². The predicted octanol–water partition coefficient (Wildman–Crippen LogP) is 2.45. The van der Waals surface area contributed by atoms with Gasteiger partial charge in [0, 0.05) is 19.0 Å². The van der Waals surface area contributed by atoms with Gasteiger partial charge >= 0.3 is 0 Å². The van der Waals surface area contributed by atoms with Gasteiger partial charge in [-0.15, -0.1) is 12.4 Å². The molecule has 1 N–H and O–H groups in total. The molecule has 1 saturated carbocycles. The lowest BCUT2D eigenvalue weighted by molar-refractivity contribution is -0.135. The quantitative estimate of drug-likeness (QED) is 0.846. The van der Waals surface area contributed by atoms with E-state index in [4.69, 9.17) is 0 Å². The molecule has 19 heavy (non-hydrogen) atoms. The fourth-order valence-electron chi connectivity index (χ4n) is 3.96. The van der Waals surface area contributed by atoms with E-state index in [0.717, 1.165) is 32.1 Å². The van der Waals surface area contributed by atoms with Crippen LogP contribution in [-0.2, 0) is 4.79 Å². The zero-order valence-electron chi connectivity index (χ0n) is 12.0. The van der Waals surface area contributed by atoms with Gasteiger partial charge in [0.25, 0.3) is 0 Å². The van der Waals surface area contributed by atoms with E-state index in [9.17, 15) is 4.79 Å². The lowest BCUT2D eigenvalue weighted by atomic mass is 9.90. The molecule has 1 amide bonds. The Labute approximate surface area is 122 Å². The van der Waals surface area contributed by atoms with Crippen LogP contribution in [0.2, 0.25) is 0 Å². The smallest absolute Gasteiger partial charge is 0.226 e. The molecule has 0 radical (unpaired) electrons. The standard InChI is InChI=1S/C15H26N2O.ClH/c1-2-12-3-9-17(10-4-12)14(18)13-11-15(13)5-7-16-8-6-15;/h12-13,16H,2-11H2,1H3;1H. The summed E-state index contributed by atoms with van der Waals surface area (Å²) in [5.74, 6) is 1.71. The summed E-state index contributed by atoms with van der Waals surface area (Å²) >= 11 is 0. The lowest BCUT2D eigenvalue weighted by Crippen LogP contribution is -2.41. The minimum atomic E-state index is 0. The van der Waals surface area contributed by atoms with E-state index >= 15 is 0 Å². The molecular weight excluding hydrogens is 260 g/mol. The van der Waals surface area contributed by atoms with Crippen LogP contribution in [0.4, 0.5) is 0 Å². The van der Waals surface area contributed by atoms with Gasteiger partial charge < -0.3 is 10.2 Å². The monoisotopic (exact) mass is 286 g/mol. The van der Waals surface area contributed by atoms with Crippen LogP contribution in [0.5, 0.6) is 0 Å². The molecule has 0 aromatic rings. The molecular formula is C15H27ClN2O. The van der Waals surface area contributed by atoms with Crippen molar-refractivity contribution in [1.29, 1.82) is 0 Å². The highest BCUT2D eigenvalue weighted by Gasteiger charge is 2.58. The van der Waals surface area contributed by atoms with Gasteiger partial charge in [-0.1, -0.05) is 13.3 Å². The highest BCUT2D eigenvalue weighted by molar-refractivity contribution is 5.85. The molecule has 1 atom stereocenters. The molecule has 3 aliphatic rings. The molecule has 3 rings (SSSR count). The normalized spacial score (nSPS) is 29.9. The lowest BCUT2D eigenvalue weighted by Gasteiger charge is -2.33. The molecule has 2 heterocycles. The minimum absolute atomic E-state index is 0. The number of hydrogen-bond donors (Lipinski definition) is 1. The number of rotatable bonds is 2. The van der Waals surface area contributed by atoms with Crippen molar-refractivity contribution >= 4 is 18.3 Å². The predicted molar refractivity (Wildman–Crippen MR) is 79.5 cm³/mol. The van der Waals surface area contributed by atoms with E-state index in [0.29, 0.717) is 17.2 Å². The second kappa shape index (κ2) is 6.01. The molecule has 0 aromatic carbocycles. The second-order valence-corrected chi connectivity index (χ2v) is 6.55. The SMILES string of the molecule is CCC1CCN(C(=O)C2CC23CCNCC3)CC1.Cl. The number of carbonyl (C=O) groups is 1. The van der Waals surface area contributed by atoms with E-state index < -0.39 is 0 Å². The Morgan fingerprint density at radius 3 is 2.47 bits per heavy atom. The van der Waals surface area contributed by atoms with Gasteiger partial charge in [-0.05, 0) is 56.5 Å². The Bertz CT molecular complexity index is 320. The van der Waals surface area contributed by atoms with Gasteiger partial charge in [-0.25, -0.2) is 0 Å². The molecule has 2 saturated heterocycles. The van der Waals surface area contributed by atoms with Crippen LogP contribution in [0.1, 0.15) is 45.4 Å². The molecule has 0 bridgehead atoms. The first-order valence-corrected chi connectivity index (χ1v) is 7.75. The average Bonchev–Trinajstić information content (AvgIpc) is 3.12. The highest BCUT2D eigenvalue weighted by Crippen LogP contribution is 2.59. The fraction of sp³-hybridized carbons (Fsp3) is 0.933. The maximum Gasteiger partial charge on any atom is 0.226 e. The third kappa shape index (κ3) is 2.92. The summed E-state index contributed by atoms with van der Waals surface area (Å²) in [7, 11) is 0. The third-order valence-electron chi connectivity index (χ3n) is 5.59. The number of likely N-dealkylation sites (tertiary alicyclic amines) is 1. The maximum absolute atomic E-state index is 12.5. The largest absolute Gasteiger partial charge is 0.342 e. The van der Waals surface area contributed by atoms with Crippen molar-refractivity contribution in [3.05, 3.63) is 0 Å². The molecule has 3 fully saturated rings. The number of halogens is 1. The summed E-state index contributed by atoms with van der Waals surface area (Å²) in [6.45, 7) is 6.53. The van der Waals surface area contributed by atoms with Crippen LogP contribution in [0.3, 0.4) is 0 Å².